The van der Waals surface area contributed by atoms with Gasteiger partial charge >= 0.3 is 0 Å². The number of carbonyl (C=O) groups is 1. The lowest BCUT2D eigenvalue weighted by atomic mass is 10.1. The van der Waals surface area contributed by atoms with Gasteiger partial charge in [-0.05, 0) is 25.5 Å². The molecule has 0 fully saturated rings. The molecule has 1 aromatic rings. The second-order valence-electron chi connectivity index (χ2n) is 5.74. The molecule has 0 unspecified atom stereocenters. The van der Waals surface area contributed by atoms with Crippen molar-refractivity contribution in [3.63, 3.8) is 0 Å². The van der Waals surface area contributed by atoms with E-state index in [0.717, 1.165) is 12.2 Å². The van der Waals surface area contributed by atoms with E-state index in [1.165, 1.54) is 44.9 Å². The van der Waals surface area contributed by atoms with Crippen molar-refractivity contribution >= 4 is 5.78 Å². The minimum atomic E-state index is 0.0218. The van der Waals surface area contributed by atoms with Gasteiger partial charge in [-0.2, -0.15) is 0 Å². The van der Waals surface area contributed by atoms with Gasteiger partial charge in [0.25, 0.3) is 0 Å². The van der Waals surface area contributed by atoms with Crippen LogP contribution in [0.1, 0.15) is 75.6 Å². The predicted octanol–water partition coefficient (Wildman–Crippen LogP) is 5.42. The van der Waals surface area contributed by atoms with Gasteiger partial charge in [0.15, 0.2) is 5.78 Å². The van der Waals surface area contributed by atoms with Gasteiger partial charge in [-0.1, -0.05) is 51.9 Å². The largest absolute Gasteiger partial charge is 0.497 e. The predicted molar refractivity (Wildman–Crippen MR) is 91.1 cm³/mol. The summed E-state index contributed by atoms with van der Waals surface area (Å²) in [6.45, 7) is 4.46. The maximum Gasteiger partial charge on any atom is 0.163 e. The van der Waals surface area contributed by atoms with E-state index in [2.05, 4.69) is 6.92 Å². The van der Waals surface area contributed by atoms with E-state index < -0.39 is 0 Å². The molecule has 3 nitrogen and oxygen atoms in total. The normalized spacial score (nSPS) is 10.5. The Labute approximate surface area is 135 Å². The summed E-state index contributed by atoms with van der Waals surface area (Å²) < 4.78 is 11.0. The van der Waals surface area contributed by atoms with Crippen LogP contribution in [0.4, 0.5) is 0 Å². The molecule has 1 rings (SSSR count). The molecule has 0 aliphatic rings. The minimum absolute atomic E-state index is 0.0218. The third-order valence-corrected chi connectivity index (χ3v) is 3.82. The number of hydrogen-bond donors (Lipinski definition) is 0. The molecule has 1 aromatic carbocycles. The molecular formula is C19H30O3. The van der Waals surface area contributed by atoms with Crippen LogP contribution in [0, 0.1) is 0 Å². The molecular weight excluding hydrogens is 276 g/mol. The number of carbonyl (C=O) groups excluding carboxylic acids is 1. The van der Waals surface area contributed by atoms with Gasteiger partial charge in [0, 0.05) is 6.07 Å². The summed E-state index contributed by atoms with van der Waals surface area (Å²) >= 11 is 0. The van der Waals surface area contributed by atoms with Crippen molar-refractivity contribution in [2.75, 3.05) is 13.7 Å². The first-order chi connectivity index (χ1) is 10.7. The molecule has 0 saturated heterocycles. The fraction of sp³-hybridized carbons (Fsp3) is 0.632. The van der Waals surface area contributed by atoms with Crippen LogP contribution in [0.3, 0.4) is 0 Å². The molecule has 0 atom stereocenters. The lowest BCUT2D eigenvalue weighted by Crippen LogP contribution is -2.03. The lowest BCUT2D eigenvalue weighted by molar-refractivity contribution is 0.101. The van der Waals surface area contributed by atoms with E-state index in [-0.39, 0.29) is 5.78 Å². The SMILES string of the molecule is CCCCCCCCCCOc1cc(OC)ccc1C(C)=O. The fourth-order valence-electron chi connectivity index (χ4n) is 2.46. The molecule has 0 bridgehead atoms. The lowest BCUT2D eigenvalue weighted by Gasteiger charge is -2.11. The molecule has 0 heterocycles. The molecule has 0 aliphatic heterocycles. The molecule has 124 valence electrons. The van der Waals surface area contributed by atoms with Crippen molar-refractivity contribution in [3.05, 3.63) is 23.8 Å². The van der Waals surface area contributed by atoms with Crippen LogP contribution in [0.15, 0.2) is 18.2 Å². The Balaban J connectivity index is 2.28. The van der Waals surface area contributed by atoms with Gasteiger partial charge < -0.3 is 9.47 Å². The highest BCUT2D eigenvalue weighted by atomic mass is 16.5. The smallest absolute Gasteiger partial charge is 0.163 e. The van der Waals surface area contributed by atoms with Crippen LogP contribution in [0.25, 0.3) is 0 Å². The average Bonchev–Trinajstić information content (AvgIpc) is 2.52. The fourth-order valence-corrected chi connectivity index (χ4v) is 2.46. The van der Waals surface area contributed by atoms with E-state index in [1.54, 1.807) is 32.2 Å². The summed E-state index contributed by atoms with van der Waals surface area (Å²) in [5, 5.41) is 0. The number of unbranched alkanes of at least 4 members (excludes halogenated alkanes) is 7. The summed E-state index contributed by atoms with van der Waals surface area (Å²) in [4.78, 5) is 11.6. The molecule has 3 heteroatoms. The van der Waals surface area contributed by atoms with Gasteiger partial charge in [-0.3, -0.25) is 4.79 Å². The highest BCUT2D eigenvalue weighted by molar-refractivity contribution is 5.97. The first-order valence-electron chi connectivity index (χ1n) is 8.50. The molecule has 22 heavy (non-hydrogen) atoms. The van der Waals surface area contributed by atoms with Gasteiger partial charge in [-0.25, -0.2) is 0 Å². The molecule has 0 radical (unpaired) electrons. The Bertz CT molecular complexity index is 440. The Morgan fingerprint density at radius 2 is 1.64 bits per heavy atom. The number of benzene rings is 1. The van der Waals surface area contributed by atoms with Crippen molar-refractivity contribution in [1.82, 2.24) is 0 Å². The summed E-state index contributed by atoms with van der Waals surface area (Å²) in [5.74, 6) is 1.37. The maximum atomic E-state index is 11.6. The molecule has 0 aliphatic carbocycles. The van der Waals surface area contributed by atoms with Crippen LogP contribution in [-0.4, -0.2) is 19.5 Å². The number of Topliss-reactive ketones (excluding diaryl/α,β-unsaturated/α-hetero) is 1. The van der Waals surface area contributed by atoms with Crippen molar-refractivity contribution in [2.24, 2.45) is 0 Å². The van der Waals surface area contributed by atoms with Crippen LogP contribution in [-0.2, 0) is 0 Å². The highest BCUT2D eigenvalue weighted by Gasteiger charge is 2.09. The average molecular weight is 306 g/mol. The Morgan fingerprint density at radius 3 is 2.23 bits per heavy atom. The van der Waals surface area contributed by atoms with Crippen molar-refractivity contribution < 1.29 is 14.3 Å². The summed E-state index contributed by atoms with van der Waals surface area (Å²) in [5.41, 5.74) is 0.625. The van der Waals surface area contributed by atoms with Crippen molar-refractivity contribution in [1.29, 1.82) is 0 Å². The zero-order valence-corrected chi connectivity index (χ0v) is 14.3. The monoisotopic (exact) mass is 306 g/mol. The van der Waals surface area contributed by atoms with E-state index in [1.807, 2.05) is 0 Å². The highest BCUT2D eigenvalue weighted by Crippen LogP contribution is 2.25. The van der Waals surface area contributed by atoms with Crippen LogP contribution in [0.5, 0.6) is 11.5 Å². The summed E-state index contributed by atoms with van der Waals surface area (Å²) in [7, 11) is 1.62. The summed E-state index contributed by atoms with van der Waals surface area (Å²) in [6.07, 6.45) is 10.2. The second kappa shape index (κ2) is 11.1. The topological polar surface area (TPSA) is 35.5 Å². The first kappa shape index (κ1) is 18.5. The summed E-state index contributed by atoms with van der Waals surface area (Å²) in [6, 6.07) is 5.35. The first-order valence-corrected chi connectivity index (χ1v) is 8.50. The van der Waals surface area contributed by atoms with Gasteiger partial charge in [0.2, 0.25) is 0 Å². The molecule has 0 saturated carbocycles. The number of hydrogen-bond acceptors (Lipinski definition) is 3. The zero-order chi connectivity index (χ0) is 16.2. The zero-order valence-electron chi connectivity index (χ0n) is 14.3. The van der Waals surface area contributed by atoms with Gasteiger partial charge in [-0.15, -0.1) is 0 Å². The van der Waals surface area contributed by atoms with E-state index in [0.29, 0.717) is 17.9 Å². The number of ketones is 1. The maximum absolute atomic E-state index is 11.6. The molecule has 0 spiro atoms. The van der Waals surface area contributed by atoms with Crippen LogP contribution in [0.2, 0.25) is 0 Å². The second-order valence-corrected chi connectivity index (χ2v) is 5.74. The van der Waals surface area contributed by atoms with E-state index in [4.69, 9.17) is 9.47 Å². The third kappa shape index (κ3) is 6.97. The molecule has 0 N–H and O–H groups in total. The number of ether oxygens (including phenoxy) is 2. The van der Waals surface area contributed by atoms with Crippen LogP contribution < -0.4 is 9.47 Å². The van der Waals surface area contributed by atoms with E-state index in [9.17, 15) is 4.79 Å². The molecule has 0 aromatic heterocycles. The minimum Gasteiger partial charge on any atom is -0.497 e. The Morgan fingerprint density at radius 1 is 1.00 bits per heavy atom. The van der Waals surface area contributed by atoms with Gasteiger partial charge in [0.05, 0.1) is 19.3 Å². The Kier molecular flexibility index (Phi) is 9.36. The van der Waals surface area contributed by atoms with E-state index >= 15 is 0 Å². The number of rotatable bonds is 12. The third-order valence-electron chi connectivity index (χ3n) is 3.82. The van der Waals surface area contributed by atoms with Crippen molar-refractivity contribution in [3.8, 4) is 11.5 Å². The van der Waals surface area contributed by atoms with Crippen LogP contribution >= 0.6 is 0 Å². The van der Waals surface area contributed by atoms with Gasteiger partial charge in [0.1, 0.15) is 11.5 Å². The van der Waals surface area contributed by atoms with Crippen molar-refractivity contribution in [2.45, 2.75) is 65.2 Å². The Hall–Kier alpha value is -1.51. The standard InChI is InChI=1S/C19H30O3/c1-4-5-6-7-8-9-10-11-14-22-19-15-17(21-3)12-13-18(19)16(2)20/h12-13,15H,4-11,14H2,1-3H3. The number of methoxy groups -OCH3 is 1. The molecule has 0 amide bonds. The quantitative estimate of drug-likeness (QED) is 0.382.